The fourth-order valence-corrected chi connectivity index (χ4v) is 3.78. The van der Waals surface area contributed by atoms with Crippen LogP contribution < -0.4 is 0 Å². The Labute approximate surface area is 203 Å². The third kappa shape index (κ3) is 4.85. The van der Waals surface area contributed by atoms with Gasteiger partial charge in [0.1, 0.15) is 0 Å². The van der Waals surface area contributed by atoms with E-state index in [9.17, 15) is 0 Å². The summed E-state index contributed by atoms with van der Waals surface area (Å²) in [7, 11) is 0. The van der Waals surface area contributed by atoms with Gasteiger partial charge in [0.15, 0.2) is 0 Å². The Balaban J connectivity index is 0.000000569. The average Bonchev–Trinajstić information content (AvgIpc) is 3.56. The molecule has 0 amide bonds. The van der Waals surface area contributed by atoms with Gasteiger partial charge in [-0.25, -0.2) is 9.97 Å². The quantitative estimate of drug-likeness (QED) is 0.237. The monoisotopic (exact) mass is 481 g/mol. The maximum atomic E-state index is 9.00. The molecule has 0 fully saturated rings. The van der Waals surface area contributed by atoms with Crippen molar-refractivity contribution in [1.82, 2.24) is 19.9 Å². The van der Waals surface area contributed by atoms with Crippen molar-refractivity contribution < 1.29 is 27.0 Å². The third-order valence-electron chi connectivity index (χ3n) is 5.80. The molecule has 3 aromatic heterocycles. The normalized spacial score (nSPS) is 11.5. The van der Waals surface area contributed by atoms with Crippen molar-refractivity contribution in [2.24, 2.45) is 0 Å². The molecule has 8 bridgehead atoms. The molecule has 0 spiro atoms. The number of aromatic nitrogens is 4. The van der Waals surface area contributed by atoms with Gasteiger partial charge in [0.25, 0.3) is 5.97 Å². The molecular weight excluding hydrogens is 455 g/mol. The van der Waals surface area contributed by atoms with E-state index in [0.717, 1.165) is 68.5 Å². The SMILES string of the molecule is CC(=O)O.Cc1c2nc(c(C)c3ccc([nH]3)c(C)c3ccc([nH]3)c(C)c3nc1C=C3)C=C2.[Mn+2]. The van der Waals surface area contributed by atoms with Crippen molar-refractivity contribution in [1.29, 1.82) is 0 Å². The van der Waals surface area contributed by atoms with E-state index in [2.05, 4.69) is 86.2 Å². The van der Waals surface area contributed by atoms with Crippen LogP contribution >= 0.6 is 0 Å². The van der Waals surface area contributed by atoms with Crippen molar-refractivity contribution in [3.05, 3.63) is 69.3 Å². The Morgan fingerprint density at radius 1 is 0.636 bits per heavy atom. The maximum absolute atomic E-state index is 9.00. The second-order valence-electron chi connectivity index (χ2n) is 8.02. The van der Waals surface area contributed by atoms with E-state index in [-0.39, 0.29) is 17.1 Å². The summed E-state index contributed by atoms with van der Waals surface area (Å²) >= 11 is 0. The number of rotatable bonds is 0. The molecule has 0 aliphatic carbocycles. The van der Waals surface area contributed by atoms with Crippen LogP contribution in [-0.2, 0) is 21.9 Å². The predicted octanol–water partition coefficient (Wildman–Crippen LogP) is 5.98. The molecule has 2 aliphatic rings. The molecule has 0 saturated heterocycles. The molecule has 2 aliphatic heterocycles. The molecule has 33 heavy (non-hydrogen) atoms. The Morgan fingerprint density at radius 2 is 0.909 bits per heavy atom. The number of carboxylic acids is 1. The topological polar surface area (TPSA) is 94.7 Å². The Hall–Kier alpha value is -3.41. The molecule has 0 atom stereocenters. The molecule has 0 aromatic carbocycles. The Bertz CT molecular complexity index is 1350. The molecule has 3 aromatic rings. The zero-order valence-electron chi connectivity index (χ0n) is 19.2. The van der Waals surface area contributed by atoms with Crippen molar-refractivity contribution in [3.8, 4) is 0 Å². The smallest absolute Gasteiger partial charge is 0.481 e. The van der Waals surface area contributed by atoms with Crippen LogP contribution in [0.25, 0.3) is 46.4 Å². The van der Waals surface area contributed by atoms with Gasteiger partial charge in [0.2, 0.25) is 0 Å². The molecule has 5 rings (SSSR count). The van der Waals surface area contributed by atoms with Crippen LogP contribution in [0.2, 0.25) is 0 Å². The van der Waals surface area contributed by atoms with Crippen LogP contribution in [0.3, 0.4) is 0 Å². The molecule has 6 nitrogen and oxygen atoms in total. The number of nitrogens with one attached hydrogen (secondary N) is 2. The summed E-state index contributed by atoms with van der Waals surface area (Å²) in [5.74, 6) is -0.833. The Kier molecular flexibility index (Phi) is 7.06. The van der Waals surface area contributed by atoms with Gasteiger partial charge in [-0.1, -0.05) is 0 Å². The minimum atomic E-state index is -0.833. The van der Waals surface area contributed by atoms with Crippen LogP contribution in [-0.4, -0.2) is 31.0 Å². The van der Waals surface area contributed by atoms with Crippen LogP contribution in [0.5, 0.6) is 0 Å². The van der Waals surface area contributed by atoms with Crippen molar-refractivity contribution in [3.63, 3.8) is 0 Å². The summed E-state index contributed by atoms with van der Waals surface area (Å²) < 4.78 is 0. The van der Waals surface area contributed by atoms with Crippen molar-refractivity contribution >= 4 is 52.3 Å². The van der Waals surface area contributed by atoms with E-state index < -0.39 is 5.97 Å². The van der Waals surface area contributed by atoms with E-state index in [0.29, 0.717) is 0 Å². The number of hydrogen-bond donors (Lipinski definition) is 3. The van der Waals surface area contributed by atoms with Gasteiger partial charge in [-0.2, -0.15) is 0 Å². The maximum Gasteiger partial charge on any atom is 2.00 e. The molecule has 1 radical (unpaired) electrons. The number of fused-ring (bicyclic) bond motifs is 8. The van der Waals surface area contributed by atoms with E-state index >= 15 is 0 Å². The number of hydrogen-bond acceptors (Lipinski definition) is 3. The van der Waals surface area contributed by atoms with Crippen molar-refractivity contribution in [2.75, 3.05) is 0 Å². The largest absolute Gasteiger partial charge is 2.00 e. The number of aliphatic carboxylic acids is 1. The third-order valence-corrected chi connectivity index (χ3v) is 5.80. The van der Waals surface area contributed by atoms with Gasteiger partial charge < -0.3 is 15.1 Å². The molecule has 0 saturated carbocycles. The van der Waals surface area contributed by atoms with E-state index in [1.165, 1.54) is 5.56 Å². The number of aryl methyl sites for hydroxylation is 3. The van der Waals surface area contributed by atoms with Crippen LogP contribution in [0.4, 0.5) is 0 Å². The second-order valence-corrected chi connectivity index (χ2v) is 8.02. The number of carbonyl (C=O) groups is 1. The van der Waals surface area contributed by atoms with Gasteiger partial charge in [-0.05, 0) is 93.0 Å². The standard InChI is InChI=1S/C24H22N4.C2H4O2.Mn/c1-13-17-5-7-19(25-17)14(2)21-9-11-23(27-21)16(4)24-12-10-22(28-24)15(3)20-8-6-18(13)26-20;1-2(3)4;/h5-12,25-26H,1-4H3;1H3,(H,3,4);/q;;+2. The number of carboxylic acid groups (broad SMARTS) is 1. The fourth-order valence-electron chi connectivity index (χ4n) is 3.78. The zero-order valence-corrected chi connectivity index (χ0v) is 20.4. The van der Waals surface area contributed by atoms with Gasteiger partial charge in [0, 0.05) is 34.6 Å². The first-order valence-electron chi connectivity index (χ1n) is 10.5. The fraction of sp³-hybridized carbons (Fsp3) is 0.192. The Morgan fingerprint density at radius 3 is 1.24 bits per heavy atom. The predicted molar refractivity (Wildman–Crippen MR) is 131 cm³/mol. The number of H-pyrrole nitrogens is 2. The van der Waals surface area contributed by atoms with Crippen LogP contribution in [0.1, 0.15) is 52.0 Å². The summed E-state index contributed by atoms with van der Waals surface area (Å²) in [5, 5.41) is 7.42. The average molecular weight is 481 g/mol. The van der Waals surface area contributed by atoms with E-state index in [1.807, 2.05) is 0 Å². The summed E-state index contributed by atoms with van der Waals surface area (Å²) in [5.41, 5.74) is 12.9. The van der Waals surface area contributed by atoms with Gasteiger partial charge in [0.05, 0.1) is 22.8 Å². The molecular formula is C26H26MnN4O2+2. The van der Waals surface area contributed by atoms with Crippen molar-refractivity contribution in [2.45, 2.75) is 34.6 Å². The molecule has 7 heteroatoms. The first-order valence-corrected chi connectivity index (χ1v) is 10.5. The molecule has 0 unspecified atom stereocenters. The summed E-state index contributed by atoms with van der Waals surface area (Å²) in [4.78, 5) is 25.8. The molecule has 3 N–H and O–H groups in total. The van der Waals surface area contributed by atoms with Gasteiger partial charge >= 0.3 is 17.1 Å². The van der Waals surface area contributed by atoms with Gasteiger partial charge in [-0.3, -0.25) is 4.79 Å². The zero-order chi connectivity index (χ0) is 23.0. The number of nitrogens with zero attached hydrogens (tertiary/aromatic N) is 2. The summed E-state index contributed by atoms with van der Waals surface area (Å²) in [6.07, 6.45) is 8.33. The number of aromatic amines is 2. The minimum absolute atomic E-state index is 0. The van der Waals surface area contributed by atoms with Crippen LogP contribution in [0.15, 0.2) is 24.3 Å². The first-order chi connectivity index (χ1) is 15.2. The second kappa shape index (κ2) is 9.61. The molecule has 167 valence electrons. The molecule has 5 heterocycles. The summed E-state index contributed by atoms with van der Waals surface area (Å²) in [6.45, 7) is 9.53. The summed E-state index contributed by atoms with van der Waals surface area (Å²) in [6, 6.07) is 8.52. The first kappa shape index (κ1) is 24.2. The van der Waals surface area contributed by atoms with Gasteiger partial charge in [-0.15, -0.1) is 0 Å². The van der Waals surface area contributed by atoms with E-state index in [4.69, 9.17) is 19.9 Å². The van der Waals surface area contributed by atoms with E-state index in [1.54, 1.807) is 0 Å². The van der Waals surface area contributed by atoms with Crippen LogP contribution in [0, 0.1) is 27.7 Å². The minimum Gasteiger partial charge on any atom is -0.481 e.